The molecular weight excluding hydrogens is 310 g/mol. The van der Waals surface area contributed by atoms with Crippen molar-refractivity contribution in [2.24, 2.45) is 7.05 Å². The monoisotopic (exact) mass is 327 g/mol. The Morgan fingerprint density at radius 1 is 1.56 bits per heavy atom. The van der Waals surface area contributed by atoms with Crippen LogP contribution in [0.15, 0.2) is 28.3 Å². The second-order valence-corrected chi connectivity index (χ2v) is 6.15. The maximum absolute atomic E-state index is 4.47. The summed E-state index contributed by atoms with van der Waals surface area (Å²) >= 11 is 5.39. The van der Waals surface area contributed by atoms with E-state index >= 15 is 0 Å². The van der Waals surface area contributed by atoms with Crippen LogP contribution in [0.4, 0.5) is 0 Å². The van der Waals surface area contributed by atoms with Crippen LogP contribution in [-0.4, -0.2) is 16.1 Å². The van der Waals surface area contributed by atoms with Gasteiger partial charge in [0.25, 0.3) is 0 Å². The van der Waals surface area contributed by atoms with Crippen molar-refractivity contribution in [3.05, 3.63) is 39.0 Å². The van der Waals surface area contributed by atoms with Crippen molar-refractivity contribution < 1.29 is 0 Å². The molecule has 1 atom stereocenters. The first kappa shape index (κ1) is 13.8. The number of thiophene rings is 1. The summed E-state index contributed by atoms with van der Waals surface area (Å²) in [5.41, 5.74) is 0. The van der Waals surface area contributed by atoms with E-state index in [1.807, 2.05) is 19.4 Å². The molecule has 2 heterocycles. The molecule has 1 unspecified atom stereocenters. The summed E-state index contributed by atoms with van der Waals surface area (Å²) in [5, 5.41) is 5.70. The molecule has 1 N–H and O–H groups in total. The third-order valence-corrected chi connectivity index (χ3v) is 4.84. The van der Waals surface area contributed by atoms with Gasteiger partial charge in [-0.1, -0.05) is 6.92 Å². The Labute approximate surface area is 120 Å². The zero-order valence-corrected chi connectivity index (χ0v) is 13.1. The van der Waals surface area contributed by atoms with Crippen molar-refractivity contribution in [2.75, 3.05) is 6.54 Å². The molecule has 0 spiro atoms. The molecule has 3 nitrogen and oxygen atoms in total. The molecule has 0 bridgehead atoms. The van der Waals surface area contributed by atoms with Gasteiger partial charge in [0.2, 0.25) is 0 Å². The van der Waals surface area contributed by atoms with Gasteiger partial charge in [0.05, 0.1) is 6.04 Å². The normalized spacial score (nSPS) is 12.8. The summed E-state index contributed by atoms with van der Waals surface area (Å²) in [6, 6.07) is 2.38. The molecule has 0 aliphatic carbocycles. The molecule has 0 aliphatic rings. The largest absolute Gasteiger partial charge is 0.337 e. The smallest absolute Gasteiger partial charge is 0.125 e. The molecule has 0 aromatic carbocycles. The van der Waals surface area contributed by atoms with E-state index in [0.29, 0.717) is 0 Å². The quantitative estimate of drug-likeness (QED) is 0.879. The van der Waals surface area contributed by atoms with Gasteiger partial charge in [0, 0.05) is 35.2 Å². The predicted molar refractivity (Wildman–Crippen MR) is 80.0 cm³/mol. The lowest BCUT2D eigenvalue weighted by Crippen LogP contribution is -2.26. The zero-order valence-electron chi connectivity index (χ0n) is 10.7. The van der Waals surface area contributed by atoms with Crippen molar-refractivity contribution in [3.63, 3.8) is 0 Å². The van der Waals surface area contributed by atoms with E-state index in [2.05, 4.69) is 49.2 Å². The van der Waals surface area contributed by atoms with Gasteiger partial charge in [0.15, 0.2) is 0 Å². The van der Waals surface area contributed by atoms with E-state index in [4.69, 9.17) is 0 Å². The van der Waals surface area contributed by atoms with Crippen molar-refractivity contribution in [2.45, 2.75) is 25.8 Å². The fraction of sp³-hybridized carbons (Fsp3) is 0.462. The minimum atomic E-state index is 0.278. The number of imidazole rings is 1. The van der Waals surface area contributed by atoms with Crippen LogP contribution in [0.1, 0.15) is 30.1 Å². The Kier molecular flexibility index (Phi) is 4.97. The van der Waals surface area contributed by atoms with E-state index in [0.717, 1.165) is 25.2 Å². The Morgan fingerprint density at radius 2 is 2.39 bits per heavy atom. The molecule has 0 saturated heterocycles. The van der Waals surface area contributed by atoms with Crippen molar-refractivity contribution in [1.29, 1.82) is 0 Å². The third kappa shape index (κ3) is 3.22. The SMILES string of the molecule is CCCNC(Cc1sccc1Br)c1nccn1C. The number of nitrogens with one attached hydrogen (secondary N) is 1. The molecule has 2 rings (SSSR count). The Balaban J connectivity index is 2.15. The molecule has 18 heavy (non-hydrogen) atoms. The Hall–Kier alpha value is -0.650. The van der Waals surface area contributed by atoms with E-state index in [9.17, 15) is 0 Å². The number of rotatable bonds is 6. The highest BCUT2D eigenvalue weighted by Crippen LogP contribution is 2.27. The maximum Gasteiger partial charge on any atom is 0.125 e. The van der Waals surface area contributed by atoms with Gasteiger partial charge >= 0.3 is 0 Å². The van der Waals surface area contributed by atoms with E-state index in [1.165, 1.54) is 9.35 Å². The number of halogens is 1. The van der Waals surface area contributed by atoms with Gasteiger partial charge in [-0.2, -0.15) is 0 Å². The Bertz CT molecular complexity index is 492. The van der Waals surface area contributed by atoms with Crippen LogP contribution in [0.2, 0.25) is 0 Å². The number of nitrogens with zero attached hydrogens (tertiary/aromatic N) is 2. The van der Waals surface area contributed by atoms with Gasteiger partial charge < -0.3 is 9.88 Å². The summed E-state index contributed by atoms with van der Waals surface area (Å²) in [7, 11) is 2.05. The van der Waals surface area contributed by atoms with Crippen LogP contribution in [0.5, 0.6) is 0 Å². The van der Waals surface area contributed by atoms with E-state index < -0.39 is 0 Å². The lowest BCUT2D eigenvalue weighted by Gasteiger charge is -2.18. The van der Waals surface area contributed by atoms with Crippen LogP contribution in [0.25, 0.3) is 0 Å². The van der Waals surface area contributed by atoms with Gasteiger partial charge in [-0.25, -0.2) is 4.98 Å². The first-order chi connectivity index (χ1) is 8.72. The summed E-state index contributed by atoms with van der Waals surface area (Å²) in [4.78, 5) is 5.84. The van der Waals surface area contributed by atoms with E-state index in [-0.39, 0.29) is 6.04 Å². The summed E-state index contributed by atoms with van der Waals surface area (Å²) in [6.45, 7) is 3.20. The minimum absolute atomic E-state index is 0.278. The molecule has 0 amide bonds. The minimum Gasteiger partial charge on any atom is -0.337 e. The van der Waals surface area contributed by atoms with Gasteiger partial charge in [-0.05, 0) is 40.3 Å². The number of hydrogen-bond donors (Lipinski definition) is 1. The van der Waals surface area contributed by atoms with Crippen molar-refractivity contribution in [3.8, 4) is 0 Å². The fourth-order valence-electron chi connectivity index (χ4n) is 1.94. The molecule has 0 radical (unpaired) electrons. The van der Waals surface area contributed by atoms with Crippen LogP contribution >= 0.6 is 27.3 Å². The highest BCUT2D eigenvalue weighted by atomic mass is 79.9. The highest BCUT2D eigenvalue weighted by molar-refractivity contribution is 9.10. The maximum atomic E-state index is 4.47. The Morgan fingerprint density at radius 3 is 2.94 bits per heavy atom. The van der Waals surface area contributed by atoms with Gasteiger partial charge in [-0.3, -0.25) is 0 Å². The molecule has 5 heteroatoms. The van der Waals surface area contributed by atoms with Crippen LogP contribution in [-0.2, 0) is 13.5 Å². The summed E-state index contributed by atoms with van der Waals surface area (Å²) < 4.78 is 3.29. The lowest BCUT2D eigenvalue weighted by atomic mass is 10.1. The number of aryl methyl sites for hydroxylation is 1. The summed E-state index contributed by atoms with van der Waals surface area (Å²) in [5.74, 6) is 1.10. The topological polar surface area (TPSA) is 29.9 Å². The number of hydrogen-bond acceptors (Lipinski definition) is 3. The molecule has 2 aromatic heterocycles. The van der Waals surface area contributed by atoms with Crippen LogP contribution in [0.3, 0.4) is 0 Å². The molecular formula is C13H18BrN3S. The lowest BCUT2D eigenvalue weighted by molar-refractivity contribution is 0.493. The summed E-state index contributed by atoms with van der Waals surface area (Å²) in [6.07, 6.45) is 5.97. The van der Waals surface area contributed by atoms with Crippen LogP contribution < -0.4 is 5.32 Å². The molecule has 0 saturated carbocycles. The second-order valence-electron chi connectivity index (χ2n) is 4.30. The average Bonchev–Trinajstić information content (AvgIpc) is 2.94. The van der Waals surface area contributed by atoms with Crippen molar-refractivity contribution >= 4 is 27.3 Å². The number of aromatic nitrogens is 2. The highest BCUT2D eigenvalue weighted by Gasteiger charge is 2.17. The second kappa shape index (κ2) is 6.50. The molecule has 2 aromatic rings. The fourth-order valence-corrected chi connectivity index (χ4v) is 3.50. The molecule has 0 aliphatic heterocycles. The average molecular weight is 328 g/mol. The van der Waals surface area contributed by atoms with E-state index in [1.54, 1.807) is 11.3 Å². The third-order valence-electron chi connectivity index (χ3n) is 2.89. The standard InChI is InChI=1S/C13H18BrN3S/c1-3-5-15-11(13-16-6-7-17(13)2)9-12-10(14)4-8-18-12/h4,6-8,11,15H,3,5,9H2,1-2H3. The first-order valence-corrected chi connectivity index (χ1v) is 7.82. The molecule has 0 fully saturated rings. The van der Waals surface area contributed by atoms with Gasteiger partial charge in [0.1, 0.15) is 5.82 Å². The molecule has 98 valence electrons. The first-order valence-electron chi connectivity index (χ1n) is 6.14. The van der Waals surface area contributed by atoms with Gasteiger partial charge in [-0.15, -0.1) is 11.3 Å². The zero-order chi connectivity index (χ0) is 13.0. The van der Waals surface area contributed by atoms with Crippen molar-refractivity contribution in [1.82, 2.24) is 14.9 Å². The van der Waals surface area contributed by atoms with Crippen LogP contribution in [0, 0.1) is 0 Å². The predicted octanol–water partition coefficient (Wildman–Crippen LogP) is 3.53.